The van der Waals surface area contributed by atoms with Crippen LogP contribution in [0.5, 0.6) is 0 Å². The van der Waals surface area contributed by atoms with Gasteiger partial charge in [-0.1, -0.05) is 5.16 Å². The summed E-state index contributed by atoms with van der Waals surface area (Å²) in [5.41, 5.74) is 0.609. The van der Waals surface area contributed by atoms with Gasteiger partial charge in [0.25, 0.3) is 5.89 Å². The van der Waals surface area contributed by atoms with Crippen molar-refractivity contribution < 1.29 is 18.9 Å². The quantitative estimate of drug-likeness (QED) is 0.848. The van der Waals surface area contributed by atoms with Crippen LogP contribution in [0.25, 0.3) is 11.5 Å². The van der Waals surface area contributed by atoms with Gasteiger partial charge in [-0.2, -0.15) is 4.98 Å². The highest BCUT2D eigenvalue weighted by Gasteiger charge is 2.30. The number of imide groups is 1. The fourth-order valence-corrected chi connectivity index (χ4v) is 2.89. The van der Waals surface area contributed by atoms with Crippen molar-refractivity contribution in [3.8, 4) is 11.5 Å². The summed E-state index contributed by atoms with van der Waals surface area (Å²) < 4.78 is 5.07. The van der Waals surface area contributed by atoms with E-state index in [1.807, 2.05) is 0 Å². The number of carbonyl (C=O) groups excluding carboxylic acids is 3. The molecule has 3 amide bonds. The predicted molar refractivity (Wildman–Crippen MR) is 76.9 cm³/mol. The van der Waals surface area contributed by atoms with Crippen LogP contribution < -0.4 is 5.32 Å². The fraction of sp³-hybridized carbons (Fsp3) is 0.308. The van der Waals surface area contributed by atoms with Gasteiger partial charge in [0.1, 0.15) is 11.5 Å². The minimum Gasteiger partial charge on any atom is -0.334 e. The molecule has 0 aromatic carbocycles. The summed E-state index contributed by atoms with van der Waals surface area (Å²) in [4.78, 5) is 40.1. The molecule has 0 saturated carbocycles. The van der Waals surface area contributed by atoms with Gasteiger partial charge in [0.2, 0.25) is 17.7 Å². The number of anilines is 1. The molecule has 9 heteroatoms. The number of nitrogens with one attached hydrogen (secondary N) is 1. The van der Waals surface area contributed by atoms with Crippen LogP contribution in [-0.4, -0.2) is 39.3 Å². The lowest BCUT2D eigenvalue weighted by Gasteiger charge is -2.13. The van der Waals surface area contributed by atoms with Crippen molar-refractivity contribution in [2.24, 2.45) is 0 Å². The third kappa shape index (κ3) is 2.75. The van der Waals surface area contributed by atoms with Crippen LogP contribution >= 0.6 is 11.3 Å². The Hall–Kier alpha value is -2.55. The van der Waals surface area contributed by atoms with E-state index in [-0.39, 0.29) is 31.2 Å². The molecule has 0 atom stereocenters. The number of hydrogen-bond donors (Lipinski definition) is 1. The standard InChI is InChI=1S/C13H12N4O4S/c1-7-14-12(21-16-7)8-4-5-22-13(8)15-9(18)6-17-10(19)2-3-11(17)20/h4-5H,2-3,6H2,1H3,(H,15,18). The topological polar surface area (TPSA) is 105 Å². The maximum absolute atomic E-state index is 12.0. The van der Waals surface area contributed by atoms with Gasteiger partial charge in [-0.25, -0.2) is 0 Å². The summed E-state index contributed by atoms with van der Waals surface area (Å²) in [6.07, 6.45) is 0.329. The number of carbonyl (C=O) groups is 3. The van der Waals surface area contributed by atoms with Gasteiger partial charge in [-0.3, -0.25) is 19.3 Å². The molecular weight excluding hydrogens is 308 g/mol. The second kappa shape index (κ2) is 5.68. The van der Waals surface area contributed by atoms with E-state index in [9.17, 15) is 14.4 Å². The van der Waals surface area contributed by atoms with Crippen molar-refractivity contribution in [1.82, 2.24) is 15.0 Å². The number of thiophene rings is 1. The molecule has 8 nitrogen and oxygen atoms in total. The maximum atomic E-state index is 12.0. The van der Waals surface area contributed by atoms with Gasteiger partial charge < -0.3 is 9.84 Å². The minimum atomic E-state index is -0.441. The summed E-state index contributed by atoms with van der Waals surface area (Å²) in [6, 6.07) is 1.75. The van der Waals surface area contributed by atoms with E-state index in [0.29, 0.717) is 22.3 Å². The molecule has 1 N–H and O–H groups in total. The first-order valence-corrected chi connectivity index (χ1v) is 7.44. The summed E-state index contributed by atoms with van der Waals surface area (Å²) >= 11 is 1.29. The Kier molecular flexibility index (Phi) is 3.72. The molecule has 1 aliphatic rings. The Morgan fingerprint density at radius 2 is 2.14 bits per heavy atom. The average molecular weight is 320 g/mol. The lowest BCUT2D eigenvalue weighted by Crippen LogP contribution is -2.36. The average Bonchev–Trinajstić information content (AvgIpc) is 3.16. The maximum Gasteiger partial charge on any atom is 0.260 e. The van der Waals surface area contributed by atoms with Crippen molar-refractivity contribution in [3.05, 3.63) is 17.3 Å². The molecule has 3 rings (SSSR count). The third-order valence-corrected chi connectivity index (χ3v) is 3.96. The molecule has 114 valence electrons. The Morgan fingerprint density at radius 1 is 1.41 bits per heavy atom. The molecule has 0 unspecified atom stereocenters. The van der Waals surface area contributed by atoms with Gasteiger partial charge in [0.05, 0.1) is 5.56 Å². The third-order valence-electron chi connectivity index (χ3n) is 3.13. The lowest BCUT2D eigenvalue weighted by molar-refractivity contribution is -0.141. The van der Waals surface area contributed by atoms with E-state index in [2.05, 4.69) is 15.5 Å². The van der Waals surface area contributed by atoms with Gasteiger partial charge in [-0.05, 0) is 18.4 Å². The largest absolute Gasteiger partial charge is 0.334 e. The molecular formula is C13H12N4O4S. The van der Waals surface area contributed by atoms with Gasteiger partial charge in [-0.15, -0.1) is 11.3 Å². The molecule has 22 heavy (non-hydrogen) atoms. The van der Waals surface area contributed by atoms with Crippen LogP contribution in [0.3, 0.4) is 0 Å². The molecule has 0 aliphatic carbocycles. The summed E-state index contributed by atoms with van der Waals surface area (Å²) in [6.45, 7) is 1.42. The fourth-order valence-electron chi connectivity index (χ4n) is 2.09. The van der Waals surface area contributed by atoms with Gasteiger partial charge >= 0.3 is 0 Å². The molecule has 1 fully saturated rings. The Bertz CT molecular complexity index is 735. The second-order valence-corrected chi connectivity index (χ2v) is 5.65. The number of aryl methyl sites for hydroxylation is 1. The van der Waals surface area contributed by atoms with E-state index < -0.39 is 5.91 Å². The molecule has 1 saturated heterocycles. The van der Waals surface area contributed by atoms with Crippen molar-refractivity contribution in [2.75, 3.05) is 11.9 Å². The van der Waals surface area contributed by atoms with E-state index >= 15 is 0 Å². The predicted octanol–water partition coefficient (Wildman–Crippen LogP) is 1.19. The monoisotopic (exact) mass is 320 g/mol. The van der Waals surface area contributed by atoms with Crippen molar-refractivity contribution >= 4 is 34.1 Å². The first-order chi connectivity index (χ1) is 10.5. The SMILES string of the molecule is Cc1noc(-c2ccsc2NC(=O)CN2C(=O)CCC2=O)n1. The van der Waals surface area contributed by atoms with Crippen LogP contribution in [-0.2, 0) is 14.4 Å². The highest BCUT2D eigenvalue weighted by molar-refractivity contribution is 7.15. The minimum absolute atomic E-state index is 0.164. The first kappa shape index (κ1) is 14.4. The van der Waals surface area contributed by atoms with Crippen molar-refractivity contribution in [1.29, 1.82) is 0 Å². The molecule has 2 aromatic rings. The van der Waals surface area contributed by atoms with E-state index in [4.69, 9.17) is 4.52 Å². The summed E-state index contributed by atoms with van der Waals surface area (Å²) in [5.74, 6) is -0.282. The van der Waals surface area contributed by atoms with Gasteiger partial charge in [0, 0.05) is 12.8 Å². The van der Waals surface area contributed by atoms with E-state index in [0.717, 1.165) is 4.90 Å². The molecule has 3 heterocycles. The van der Waals surface area contributed by atoms with Crippen LogP contribution in [0.4, 0.5) is 5.00 Å². The number of nitrogens with zero attached hydrogens (tertiary/aromatic N) is 3. The van der Waals surface area contributed by atoms with Crippen molar-refractivity contribution in [3.63, 3.8) is 0 Å². The highest BCUT2D eigenvalue weighted by Crippen LogP contribution is 2.32. The molecule has 2 aromatic heterocycles. The van der Waals surface area contributed by atoms with Gasteiger partial charge in [0.15, 0.2) is 5.82 Å². The van der Waals surface area contributed by atoms with Crippen LogP contribution in [0.1, 0.15) is 18.7 Å². The Labute approximate surface area is 129 Å². The first-order valence-electron chi connectivity index (χ1n) is 6.56. The summed E-state index contributed by atoms with van der Waals surface area (Å²) in [5, 5.41) is 8.69. The smallest absolute Gasteiger partial charge is 0.260 e. The van der Waals surface area contributed by atoms with Crippen molar-refractivity contribution in [2.45, 2.75) is 19.8 Å². The number of aromatic nitrogens is 2. The molecule has 1 aliphatic heterocycles. The van der Waals surface area contributed by atoms with Crippen LogP contribution in [0.2, 0.25) is 0 Å². The highest BCUT2D eigenvalue weighted by atomic mass is 32.1. The normalized spacial score (nSPS) is 14.7. The van der Waals surface area contributed by atoms with Crippen LogP contribution in [0, 0.1) is 6.92 Å². The number of rotatable bonds is 4. The second-order valence-electron chi connectivity index (χ2n) is 4.73. The molecule has 0 bridgehead atoms. The van der Waals surface area contributed by atoms with Crippen LogP contribution in [0.15, 0.2) is 16.0 Å². The summed E-state index contributed by atoms with van der Waals surface area (Å²) in [7, 11) is 0. The van der Waals surface area contributed by atoms with E-state index in [1.165, 1.54) is 11.3 Å². The van der Waals surface area contributed by atoms with E-state index in [1.54, 1.807) is 18.4 Å². The molecule has 0 spiro atoms. The zero-order valence-electron chi connectivity index (χ0n) is 11.7. The zero-order chi connectivity index (χ0) is 15.7. The zero-order valence-corrected chi connectivity index (χ0v) is 12.5. The number of hydrogen-bond acceptors (Lipinski definition) is 7. The Morgan fingerprint density at radius 3 is 2.77 bits per heavy atom. The number of amides is 3. The number of likely N-dealkylation sites (tertiary alicyclic amines) is 1. The molecule has 0 radical (unpaired) electrons. The Balaban J connectivity index is 1.71. The lowest BCUT2D eigenvalue weighted by atomic mass is 10.3.